The monoisotopic (exact) mass is 291 g/mol. The van der Waals surface area contributed by atoms with Gasteiger partial charge >= 0.3 is 0 Å². The van der Waals surface area contributed by atoms with Gasteiger partial charge in [-0.15, -0.1) is 0 Å². The van der Waals surface area contributed by atoms with Gasteiger partial charge in [-0.05, 0) is 25.0 Å². The van der Waals surface area contributed by atoms with E-state index < -0.39 is 0 Å². The molecule has 1 aromatic heterocycles. The smallest absolute Gasteiger partial charge is 0.186 e. The van der Waals surface area contributed by atoms with Crippen molar-refractivity contribution in [2.75, 3.05) is 0 Å². The number of nitrogens with two attached hydrogens (primary N) is 1. The first-order valence-corrected chi connectivity index (χ1v) is 6.95. The maximum absolute atomic E-state index is 12.5. The Morgan fingerprint density at radius 2 is 2.00 bits per heavy atom. The summed E-state index contributed by atoms with van der Waals surface area (Å²) in [6, 6.07) is 7.77. The predicted molar refractivity (Wildman–Crippen MR) is 80.0 cm³/mol. The van der Waals surface area contributed by atoms with E-state index in [0.717, 1.165) is 11.1 Å². The van der Waals surface area contributed by atoms with Gasteiger partial charge in [0.2, 0.25) is 0 Å². The third-order valence-corrected chi connectivity index (χ3v) is 3.47. The van der Waals surface area contributed by atoms with Gasteiger partial charge in [0.25, 0.3) is 0 Å². The van der Waals surface area contributed by atoms with Gasteiger partial charge in [0.1, 0.15) is 5.69 Å². The molecule has 2 rings (SSSR count). The van der Waals surface area contributed by atoms with Crippen LogP contribution in [0.15, 0.2) is 30.5 Å². The molecule has 0 fully saturated rings. The van der Waals surface area contributed by atoms with E-state index >= 15 is 0 Å². The molecule has 106 valence electrons. The average Bonchev–Trinajstić information content (AvgIpc) is 2.81. The number of halogens is 1. The molecule has 4 nitrogen and oxygen atoms in total. The summed E-state index contributed by atoms with van der Waals surface area (Å²) in [6.07, 6.45) is 1.80. The molecule has 0 saturated heterocycles. The molecule has 20 heavy (non-hydrogen) atoms. The molecule has 0 radical (unpaired) electrons. The summed E-state index contributed by atoms with van der Waals surface area (Å²) in [6.45, 7) is 4.35. The van der Waals surface area contributed by atoms with E-state index in [-0.39, 0.29) is 18.2 Å². The molecular formula is C15H18ClN3O. The van der Waals surface area contributed by atoms with Crippen LogP contribution < -0.4 is 5.73 Å². The minimum Gasteiger partial charge on any atom is -0.326 e. The Morgan fingerprint density at radius 1 is 1.35 bits per heavy atom. The van der Waals surface area contributed by atoms with E-state index in [9.17, 15) is 4.79 Å². The lowest BCUT2D eigenvalue weighted by Gasteiger charge is -2.11. The highest BCUT2D eigenvalue weighted by atomic mass is 35.5. The Morgan fingerprint density at radius 3 is 2.60 bits per heavy atom. The van der Waals surface area contributed by atoms with Crippen LogP contribution in [-0.4, -0.2) is 15.6 Å². The second kappa shape index (κ2) is 6.20. The van der Waals surface area contributed by atoms with Crippen LogP contribution in [0, 0.1) is 0 Å². The van der Waals surface area contributed by atoms with Crippen molar-refractivity contribution >= 4 is 17.4 Å². The van der Waals surface area contributed by atoms with Gasteiger partial charge in [0, 0.05) is 19.0 Å². The van der Waals surface area contributed by atoms with Gasteiger partial charge in [-0.1, -0.05) is 35.9 Å². The molecule has 0 aliphatic rings. The van der Waals surface area contributed by atoms with E-state index in [4.69, 9.17) is 17.3 Å². The predicted octanol–water partition coefficient (Wildman–Crippen LogP) is 3.00. The molecule has 0 spiro atoms. The largest absolute Gasteiger partial charge is 0.326 e. The summed E-state index contributed by atoms with van der Waals surface area (Å²) in [5.41, 5.74) is 8.08. The van der Waals surface area contributed by atoms with Crippen molar-refractivity contribution in [2.45, 2.75) is 32.9 Å². The highest BCUT2D eigenvalue weighted by Gasteiger charge is 2.20. The molecule has 0 amide bonds. The highest BCUT2D eigenvalue weighted by molar-refractivity contribution is 6.33. The van der Waals surface area contributed by atoms with Crippen molar-refractivity contribution in [3.8, 4) is 0 Å². The third-order valence-electron chi connectivity index (χ3n) is 3.19. The quantitative estimate of drug-likeness (QED) is 0.862. The first kappa shape index (κ1) is 14.8. The lowest BCUT2D eigenvalue weighted by atomic mass is 10.0. The van der Waals surface area contributed by atoms with E-state index in [1.165, 1.54) is 6.20 Å². The number of carbonyl (C=O) groups excluding carboxylic acids is 1. The fraction of sp³-hybridized carbons (Fsp3) is 0.333. The molecule has 0 unspecified atom stereocenters. The molecule has 0 saturated carbocycles. The number of benzene rings is 1. The fourth-order valence-corrected chi connectivity index (χ4v) is 2.42. The number of Topliss-reactive ketones (excluding diaryl/α,β-unsaturated/α-hetero) is 1. The van der Waals surface area contributed by atoms with Crippen LogP contribution in [0.5, 0.6) is 0 Å². The molecule has 0 bridgehead atoms. The molecule has 1 aromatic carbocycles. The molecule has 2 N–H and O–H groups in total. The first-order valence-electron chi connectivity index (χ1n) is 6.57. The minimum atomic E-state index is -0.0397. The second-order valence-corrected chi connectivity index (χ2v) is 5.36. The van der Waals surface area contributed by atoms with Crippen molar-refractivity contribution in [2.24, 2.45) is 5.73 Å². The van der Waals surface area contributed by atoms with E-state index in [1.54, 1.807) is 4.68 Å². The van der Waals surface area contributed by atoms with Gasteiger partial charge < -0.3 is 5.73 Å². The Balaban J connectivity index is 2.31. The summed E-state index contributed by atoms with van der Waals surface area (Å²) >= 11 is 6.09. The number of aromatic nitrogens is 2. The van der Waals surface area contributed by atoms with Crippen molar-refractivity contribution in [3.05, 3.63) is 52.3 Å². The molecule has 5 heteroatoms. The lowest BCUT2D eigenvalue weighted by molar-refractivity contribution is 0.0980. The Hall–Kier alpha value is -1.65. The minimum absolute atomic E-state index is 0.0397. The Kier molecular flexibility index (Phi) is 4.57. The number of carbonyl (C=O) groups is 1. The summed E-state index contributed by atoms with van der Waals surface area (Å²) < 4.78 is 1.66. The van der Waals surface area contributed by atoms with Crippen LogP contribution in [-0.2, 0) is 13.0 Å². The maximum Gasteiger partial charge on any atom is 0.186 e. The summed E-state index contributed by atoms with van der Waals surface area (Å²) in [5, 5.41) is 4.56. The third kappa shape index (κ3) is 2.92. The Bertz CT molecular complexity index is 619. The number of nitrogens with zero attached hydrogens (tertiary/aromatic N) is 2. The van der Waals surface area contributed by atoms with Crippen LogP contribution in [0.2, 0.25) is 5.02 Å². The molecular weight excluding hydrogens is 274 g/mol. The fourth-order valence-electron chi connectivity index (χ4n) is 2.18. The van der Waals surface area contributed by atoms with Crippen LogP contribution >= 0.6 is 11.6 Å². The summed E-state index contributed by atoms with van der Waals surface area (Å²) in [5.74, 6) is -0.0397. The molecule has 0 aliphatic heterocycles. The number of hydrogen-bond donors (Lipinski definition) is 1. The van der Waals surface area contributed by atoms with Crippen LogP contribution in [0.4, 0.5) is 0 Å². The van der Waals surface area contributed by atoms with Gasteiger partial charge in [-0.25, -0.2) is 0 Å². The number of ketones is 1. The zero-order chi connectivity index (χ0) is 14.7. The summed E-state index contributed by atoms with van der Waals surface area (Å²) in [7, 11) is 0. The zero-order valence-electron chi connectivity index (χ0n) is 11.6. The lowest BCUT2D eigenvalue weighted by Crippen LogP contribution is -2.16. The molecule has 0 atom stereocenters. The van der Waals surface area contributed by atoms with Gasteiger partial charge in [-0.2, -0.15) is 5.10 Å². The molecule has 1 heterocycles. The highest BCUT2D eigenvalue weighted by Crippen LogP contribution is 2.21. The number of hydrogen-bond acceptors (Lipinski definition) is 3. The van der Waals surface area contributed by atoms with Crippen molar-refractivity contribution in [1.29, 1.82) is 0 Å². The topological polar surface area (TPSA) is 60.9 Å². The van der Waals surface area contributed by atoms with Gasteiger partial charge in [0.05, 0.1) is 11.2 Å². The first-order chi connectivity index (χ1) is 9.54. The van der Waals surface area contributed by atoms with Gasteiger partial charge in [0.15, 0.2) is 5.78 Å². The number of rotatable bonds is 5. The van der Waals surface area contributed by atoms with Gasteiger partial charge in [-0.3, -0.25) is 9.48 Å². The maximum atomic E-state index is 12.5. The molecule has 2 aromatic rings. The normalized spacial score (nSPS) is 11.1. The summed E-state index contributed by atoms with van der Waals surface area (Å²) in [4.78, 5) is 12.5. The van der Waals surface area contributed by atoms with Crippen molar-refractivity contribution in [3.63, 3.8) is 0 Å². The molecule has 0 aliphatic carbocycles. The van der Waals surface area contributed by atoms with E-state index in [1.807, 2.05) is 38.1 Å². The van der Waals surface area contributed by atoms with Crippen LogP contribution in [0.25, 0.3) is 0 Å². The van der Waals surface area contributed by atoms with Crippen LogP contribution in [0.3, 0.4) is 0 Å². The second-order valence-electron chi connectivity index (χ2n) is 4.95. The average molecular weight is 292 g/mol. The Labute approximate surface area is 123 Å². The van der Waals surface area contributed by atoms with Crippen molar-refractivity contribution < 1.29 is 4.79 Å². The van der Waals surface area contributed by atoms with E-state index in [2.05, 4.69) is 5.10 Å². The van der Waals surface area contributed by atoms with E-state index in [0.29, 0.717) is 17.3 Å². The SMILES string of the molecule is CC(C)n1ncc(Cl)c1C(=O)Cc1ccccc1CN. The van der Waals surface area contributed by atoms with Crippen molar-refractivity contribution in [1.82, 2.24) is 9.78 Å². The van der Waals surface area contributed by atoms with Crippen LogP contribution in [0.1, 0.15) is 41.5 Å². The standard InChI is InChI=1S/C15H18ClN3O/c1-10(2)19-15(13(16)9-18-19)14(20)7-11-5-3-4-6-12(11)8-17/h3-6,9-10H,7-8,17H2,1-2H3. The zero-order valence-corrected chi connectivity index (χ0v) is 12.4.